The summed E-state index contributed by atoms with van der Waals surface area (Å²) in [6.07, 6.45) is 8.53. The van der Waals surface area contributed by atoms with Crippen molar-refractivity contribution in [1.82, 2.24) is 10.3 Å². The number of benzene rings is 2. The van der Waals surface area contributed by atoms with E-state index in [2.05, 4.69) is 27.0 Å². The van der Waals surface area contributed by atoms with Gasteiger partial charge < -0.3 is 30.5 Å². The van der Waals surface area contributed by atoms with Crippen LogP contribution in [0.3, 0.4) is 0 Å². The van der Waals surface area contributed by atoms with Gasteiger partial charge in [-0.2, -0.15) is 5.26 Å². The quantitative estimate of drug-likeness (QED) is 0.135. The van der Waals surface area contributed by atoms with Crippen molar-refractivity contribution in [1.29, 1.82) is 5.26 Å². The first-order valence-electron chi connectivity index (χ1n) is 14.0. The van der Waals surface area contributed by atoms with Gasteiger partial charge in [0.2, 0.25) is 5.91 Å². The third-order valence-electron chi connectivity index (χ3n) is 6.86. The lowest BCUT2D eigenvalue weighted by molar-refractivity contribution is -0.111. The normalized spacial score (nSPS) is 15.5. The largest absolute Gasteiger partial charge is 0.486 e. The molecule has 0 spiro atoms. The van der Waals surface area contributed by atoms with E-state index in [-0.39, 0.29) is 16.7 Å². The molecule has 1 fully saturated rings. The summed E-state index contributed by atoms with van der Waals surface area (Å²) in [7, 11) is 1.92. The predicted molar refractivity (Wildman–Crippen MR) is 162 cm³/mol. The topological polar surface area (TPSA) is 129 Å². The van der Waals surface area contributed by atoms with Crippen molar-refractivity contribution in [3.63, 3.8) is 0 Å². The third-order valence-corrected chi connectivity index (χ3v) is 7.15. The lowest BCUT2D eigenvalue weighted by atomic mass is 10.1. The van der Waals surface area contributed by atoms with E-state index in [1.165, 1.54) is 30.5 Å². The fourth-order valence-electron chi connectivity index (χ4n) is 4.62. The zero-order valence-electron chi connectivity index (χ0n) is 23.5. The number of nitrogens with one attached hydrogen (secondary N) is 3. The van der Waals surface area contributed by atoms with E-state index >= 15 is 0 Å². The average molecular weight is 596 g/mol. The number of aliphatic hydroxyl groups excluding tert-OH is 1. The highest BCUT2D eigenvalue weighted by Crippen LogP contribution is 2.37. The van der Waals surface area contributed by atoms with Crippen molar-refractivity contribution in [3.05, 3.63) is 65.1 Å². The van der Waals surface area contributed by atoms with Crippen LogP contribution in [-0.4, -0.2) is 55.0 Å². The van der Waals surface area contributed by atoms with Gasteiger partial charge in [-0.05, 0) is 63.2 Å². The smallest absolute Gasteiger partial charge is 0.248 e. The van der Waals surface area contributed by atoms with Crippen LogP contribution in [0.5, 0.6) is 5.75 Å². The van der Waals surface area contributed by atoms with Crippen molar-refractivity contribution in [2.45, 2.75) is 50.7 Å². The van der Waals surface area contributed by atoms with Crippen molar-refractivity contribution < 1.29 is 23.8 Å². The van der Waals surface area contributed by atoms with Crippen LogP contribution < -0.4 is 20.7 Å². The maximum atomic E-state index is 13.7. The Labute approximate surface area is 249 Å². The number of amides is 1. The van der Waals surface area contributed by atoms with Crippen LogP contribution in [0.1, 0.15) is 44.1 Å². The molecule has 1 aliphatic heterocycles. The van der Waals surface area contributed by atoms with E-state index in [0.29, 0.717) is 66.2 Å². The molecule has 1 aliphatic rings. The summed E-state index contributed by atoms with van der Waals surface area (Å²) in [5.74, 6) is -0.545. The Kier molecular flexibility index (Phi) is 11.5. The van der Waals surface area contributed by atoms with Crippen LogP contribution in [0.25, 0.3) is 10.9 Å². The Morgan fingerprint density at radius 1 is 1.33 bits per heavy atom. The van der Waals surface area contributed by atoms with Crippen LogP contribution >= 0.6 is 11.6 Å². The van der Waals surface area contributed by atoms with Crippen LogP contribution in [0, 0.1) is 17.1 Å². The zero-order chi connectivity index (χ0) is 29.9. The van der Waals surface area contributed by atoms with Gasteiger partial charge in [0.05, 0.1) is 46.8 Å². The fraction of sp³-hybridized carbons (Fsp3) is 0.387. The van der Waals surface area contributed by atoms with Crippen LogP contribution in [0.15, 0.2) is 48.7 Å². The number of aromatic nitrogens is 1. The Bertz CT molecular complexity index is 1460. The molecular formula is C31H35ClFN5O4. The molecule has 2 heterocycles. The molecular weight excluding hydrogens is 561 g/mol. The average Bonchev–Trinajstić information content (AvgIpc) is 3.49. The Morgan fingerprint density at radius 2 is 2.19 bits per heavy atom. The van der Waals surface area contributed by atoms with E-state index in [9.17, 15) is 19.6 Å². The molecule has 3 aromatic rings. The van der Waals surface area contributed by atoms with Crippen LogP contribution in [0.4, 0.5) is 21.5 Å². The number of aliphatic hydroxyl groups is 1. The minimum absolute atomic E-state index is 0.0648. The molecule has 0 radical (unpaired) electrons. The van der Waals surface area contributed by atoms with E-state index < -0.39 is 17.8 Å². The minimum atomic E-state index is -0.560. The van der Waals surface area contributed by atoms with Crippen LogP contribution in [0.2, 0.25) is 5.02 Å². The molecule has 1 amide bonds. The number of hydrogen-bond acceptors (Lipinski definition) is 8. The zero-order valence-corrected chi connectivity index (χ0v) is 24.2. The van der Waals surface area contributed by atoms with Gasteiger partial charge in [0, 0.05) is 29.8 Å². The van der Waals surface area contributed by atoms with Crippen molar-refractivity contribution in [2.75, 3.05) is 37.4 Å². The van der Waals surface area contributed by atoms with Crippen molar-refractivity contribution >= 4 is 45.5 Å². The SMILES string of the molecule is CNCCCCC[C@H](O)C/C=C/C(=O)Nc1cc2c(Nc3ccc(F)c(Cl)c3)c(C#N)cnc2cc1O[C@H]1CCOC1. The molecule has 1 saturated heterocycles. The Balaban J connectivity index is 1.57. The highest BCUT2D eigenvalue weighted by Gasteiger charge is 2.21. The first-order valence-corrected chi connectivity index (χ1v) is 14.4. The maximum Gasteiger partial charge on any atom is 0.248 e. The number of ether oxygens (including phenoxy) is 2. The summed E-state index contributed by atoms with van der Waals surface area (Å²) < 4.78 is 25.4. The molecule has 42 heavy (non-hydrogen) atoms. The predicted octanol–water partition coefficient (Wildman–Crippen LogP) is 5.84. The number of hydrogen-bond donors (Lipinski definition) is 4. The number of nitriles is 1. The second kappa shape index (κ2) is 15.5. The number of anilines is 3. The molecule has 0 aliphatic carbocycles. The van der Waals surface area contributed by atoms with Gasteiger partial charge >= 0.3 is 0 Å². The standard InChI is InChI=1S/C31H35ClFN5O4/c1-35-12-4-2-3-6-22(39)7-5-8-30(40)38-28-15-24-27(16-29(28)42-23-11-13-41-19-23)36-18-20(17-34)31(24)37-21-9-10-26(33)25(32)14-21/h5,8-10,14-16,18,22-23,35,39H,2-4,6-7,11-13,19H2,1H3,(H,36,37)(H,38,40)/b8-5+/t22-,23-/m0/s1. The molecule has 9 nitrogen and oxygen atoms in total. The molecule has 4 N–H and O–H groups in total. The monoisotopic (exact) mass is 595 g/mol. The highest BCUT2D eigenvalue weighted by molar-refractivity contribution is 6.31. The first kappa shape index (κ1) is 31.2. The van der Waals surface area contributed by atoms with Crippen LogP contribution in [-0.2, 0) is 9.53 Å². The number of unbranched alkanes of at least 4 members (excludes halogenated alkanes) is 2. The van der Waals surface area contributed by atoms with Gasteiger partial charge in [-0.3, -0.25) is 9.78 Å². The summed E-state index contributed by atoms with van der Waals surface area (Å²) in [4.78, 5) is 17.4. The molecule has 2 aromatic carbocycles. The summed E-state index contributed by atoms with van der Waals surface area (Å²) in [6, 6.07) is 9.68. The lowest BCUT2D eigenvalue weighted by Gasteiger charge is -2.18. The number of carbonyl (C=O) groups excluding carboxylic acids is 1. The number of rotatable bonds is 14. The third kappa shape index (κ3) is 8.63. The number of halogens is 2. The summed E-state index contributed by atoms with van der Waals surface area (Å²) in [6.45, 7) is 1.96. The Morgan fingerprint density at radius 3 is 2.93 bits per heavy atom. The number of nitrogens with zero attached hydrogens (tertiary/aromatic N) is 2. The molecule has 222 valence electrons. The molecule has 0 unspecified atom stereocenters. The molecule has 0 bridgehead atoms. The van der Waals surface area contributed by atoms with Gasteiger partial charge in [-0.15, -0.1) is 0 Å². The van der Waals surface area contributed by atoms with E-state index in [1.54, 1.807) is 18.2 Å². The van der Waals surface area contributed by atoms with Gasteiger partial charge in [0.25, 0.3) is 0 Å². The fourth-order valence-corrected chi connectivity index (χ4v) is 4.80. The van der Waals surface area contributed by atoms with Gasteiger partial charge in [0.1, 0.15) is 23.7 Å². The van der Waals surface area contributed by atoms with Gasteiger partial charge in [0.15, 0.2) is 0 Å². The molecule has 0 saturated carbocycles. The van der Waals surface area contributed by atoms with E-state index in [4.69, 9.17) is 21.1 Å². The summed E-state index contributed by atoms with van der Waals surface area (Å²) in [5, 5.41) is 29.7. The number of pyridine rings is 1. The summed E-state index contributed by atoms with van der Waals surface area (Å²) >= 11 is 5.97. The van der Waals surface area contributed by atoms with E-state index in [1.807, 2.05) is 7.05 Å². The maximum absolute atomic E-state index is 13.7. The molecule has 11 heteroatoms. The molecule has 1 aromatic heterocycles. The Hall–Kier alpha value is -3.75. The van der Waals surface area contributed by atoms with Crippen molar-refractivity contribution in [2.24, 2.45) is 0 Å². The first-order chi connectivity index (χ1) is 20.4. The number of fused-ring (bicyclic) bond motifs is 1. The molecule has 2 atom stereocenters. The van der Waals surface area contributed by atoms with Gasteiger partial charge in [-0.1, -0.05) is 30.5 Å². The van der Waals surface area contributed by atoms with E-state index in [0.717, 1.165) is 25.8 Å². The van der Waals surface area contributed by atoms with Gasteiger partial charge in [-0.25, -0.2) is 4.39 Å². The summed E-state index contributed by atoms with van der Waals surface area (Å²) in [5.41, 5.74) is 2.04. The second-order valence-corrected chi connectivity index (χ2v) is 10.5. The second-order valence-electron chi connectivity index (χ2n) is 10.1. The van der Waals surface area contributed by atoms with Crippen molar-refractivity contribution in [3.8, 4) is 11.8 Å². The molecule has 4 rings (SSSR count). The lowest BCUT2D eigenvalue weighted by Crippen LogP contribution is -2.18. The highest BCUT2D eigenvalue weighted by atomic mass is 35.5. The minimum Gasteiger partial charge on any atom is -0.486 e. The number of carbonyl (C=O) groups is 1.